The van der Waals surface area contributed by atoms with E-state index in [0.29, 0.717) is 23.4 Å². The Kier molecular flexibility index (Phi) is 4.60. The summed E-state index contributed by atoms with van der Waals surface area (Å²) in [6.07, 6.45) is 4.02. The van der Waals surface area contributed by atoms with E-state index in [1.807, 2.05) is 19.1 Å². The zero-order chi connectivity index (χ0) is 13.9. The molecule has 0 unspecified atom stereocenters. The zero-order valence-electron chi connectivity index (χ0n) is 11.3. The SMILES string of the molecule is Cc1ccc(S(=O)(=O)NCC2CCC(N)CC2)cc1. The minimum atomic E-state index is -3.37. The van der Waals surface area contributed by atoms with Crippen LogP contribution in [0, 0.1) is 12.8 Å². The third-order valence-electron chi connectivity index (χ3n) is 3.78. The van der Waals surface area contributed by atoms with Gasteiger partial charge in [-0.25, -0.2) is 13.1 Å². The standard InChI is InChI=1S/C14H22N2O2S/c1-11-2-8-14(9-3-11)19(17,18)16-10-12-4-6-13(15)7-5-12/h2-3,8-9,12-13,16H,4-7,10,15H2,1H3. The number of aryl methyl sites for hydroxylation is 1. The van der Waals surface area contributed by atoms with Crippen LogP contribution in [-0.2, 0) is 10.0 Å². The zero-order valence-corrected chi connectivity index (χ0v) is 12.1. The second-order valence-corrected chi connectivity index (χ2v) is 7.21. The highest BCUT2D eigenvalue weighted by Gasteiger charge is 2.21. The predicted molar refractivity (Wildman–Crippen MR) is 76.3 cm³/mol. The fraction of sp³-hybridized carbons (Fsp3) is 0.571. The number of hydrogen-bond acceptors (Lipinski definition) is 3. The van der Waals surface area contributed by atoms with E-state index < -0.39 is 10.0 Å². The summed E-state index contributed by atoms with van der Waals surface area (Å²) in [4.78, 5) is 0.339. The molecule has 3 N–H and O–H groups in total. The maximum atomic E-state index is 12.1. The molecule has 5 heteroatoms. The number of rotatable bonds is 4. The quantitative estimate of drug-likeness (QED) is 0.884. The summed E-state index contributed by atoms with van der Waals surface area (Å²) in [6, 6.07) is 7.22. The van der Waals surface area contributed by atoms with Crippen LogP contribution in [-0.4, -0.2) is 21.0 Å². The van der Waals surface area contributed by atoms with Gasteiger partial charge in [0.2, 0.25) is 10.0 Å². The average molecular weight is 282 g/mol. The lowest BCUT2D eigenvalue weighted by Gasteiger charge is -2.26. The third kappa shape index (κ3) is 4.03. The van der Waals surface area contributed by atoms with Gasteiger partial charge in [-0.1, -0.05) is 17.7 Å². The first kappa shape index (κ1) is 14.5. The second-order valence-electron chi connectivity index (χ2n) is 5.45. The van der Waals surface area contributed by atoms with Crippen molar-refractivity contribution in [1.29, 1.82) is 0 Å². The molecular weight excluding hydrogens is 260 g/mol. The molecule has 0 saturated heterocycles. The summed E-state index contributed by atoms with van der Waals surface area (Å²) in [6.45, 7) is 2.46. The number of nitrogens with two attached hydrogens (primary N) is 1. The summed E-state index contributed by atoms with van der Waals surface area (Å²) in [5.41, 5.74) is 6.90. The highest BCUT2D eigenvalue weighted by Crippen LogP contribution is 2.23. The van der Waals surface area contributed by atoms with Crippen LogP contribution in [0.1, 0.15) is 31.2 Å². The van der Waals surface area contributed by atoms with Gasteiger partial charge in [0.25, 0.3) is 0 Å². The molecule has 0 aliphatic heterocycles. The Morgan fingerprint density at radius 1 is 1.16 bits per heavy atom. The largest absolute Gasteiger partial charge is 0.328 e. The lowest BCUT2D eigenvalue weighted by Crippen LogP contribution is -2.34. The molecule has 1 aromatic carbocycles. The summed E-state index contributed by atoms with van der Waals surface area (Å²) >= 11 is 0. The van der Waals surface area contributed by atoms with E-state index in [1.165, 1.54) is 0 Å². The van der Waals surface area contributed by atoms with Crippen LogP contribution in [0.2, 0.25) is 0 Å². The van der Waals surface area contributed by atoms with Crippen LogP contribution in [0.5, 0.6) is 0 Å². The average Bonchev–Trinajstić information content (AvgIpc) is 2.39. The molecule has 106 valence electrons. The van der Waals surface area contributed by atoms with Crippen molar-refractivity contribution in [3.05, 3.63) is 29.8 Å². The van der Waals surface area contributed by atoms with Crippen molar-refractivity contribution in [2.45, 2.75) is 43.5 Å². The van der Waals surface area contributed by atoms with E-state index in [0.717, 1.165) is 31.2 Å². The van der Waals surface area contributed by atoms with E-state index in [4.69, 9.17) is 5.73 Å². The van der Waals surface area contributed by atoms with Crippen molar-refractivity contribution >= 4 is 10.0 Å². The maximum absolute atomic E-state index is 12.1. The topological polar surface area (TPSA) is 72.2 Å². The van der Waals surface area contributed by atoms with Crippen LogP contribution in [0.15, 0.2) is 29.2 Å². The first-order valence-electron chi connectivity index (χ1n) is 6.79. The molecule has 0 bridgehead atoms. The molecule has 0 aromatic heterocycles. The van der Waals surface area contributed by atoms with Gasteiger partial charge in [0, 0.05) is 12.6 Å². The third-order valence-corrected chi connectivity index (χ3v) is 5.22. The number of sulfonamides is 1. The summed E-state index contributed by atoms with van der Waals surface area (Å²) < 4.78 is 26.9. The van der Waals surface area contributed by atoms with E-state index in [1.54, 1.807) is 12.1 Å². The van der Waals surface area contributed by atoms with Crippen molar-refractivity contribution in [2.24, 2.45) is 11.7 Å². The van der Waals surface area contributed by atoms with Crippen LogP contribution in [0.3, 0.4) is 0 Å². The molecule has 1 aliphatic rings. The maximum Gasteiger partial charge on any atom is 0.240 e. The Labute approximate surface area is 115 Å². The monoisotopic (exact) mass is 282 g/mol. The lowest BCUT2D eigenvalue weighted by molar-refractivity contribution is 0.326. The molecule has 0 heterocycles. The molecule has 0 spiro atoms. The highest BCUT2D eigenvalue weighted by molar-refractivity contribution is 7.89. The van der Waals surface area contributed by atoms with Crippen molar-refractivity contribution < 1.29 is 8.42 Å². The Bertz CT molecular complexity index is 503. The van der Waals surface area contributed by atoms with Crippen LogP contribution in [0.4, 0.5) is 0 Å². The van der Waals surface area contributed by atoms with Crippen LogP contribution >= 0.6 is 0 Å². The van der Waals surface area contributed by atoms with E-state index >= 15 is 0 Å². The molecular formula is C14H22N2O2S. The Morgan fingerprint density at radius 3 is 2.32 bits per heavy atom. The van der Waals surface area contributed by atoms with E-state index in [2.05, 4.69) is 4.72 Å². The number of benzene rings is 1. The molecule has 19 heavy (non-hydrogen) atoms. The molecule has 0 radical (unpaired) electrons. The smallest absolute Gasteiger partial charge is 0.240 e. The second kappa shape index (κ2) is 6.03. The molecule has 1 fully saturated rings. The van der Waals surface area contributed by atoms with Crippen molar-refractivity contribution in [2.75, 3.05) is 6.54 Å². The number of hydrogen-bond donors (Lipinski definition) is 2. The first-order chi connectivity index (χ1) is 8.97. The van der Waals surface area contributed by atoms with Gasteiger partial charge < -0.3 is 5.73 Å². The van der Waals surface area contributed by atoms with Crippen LogP contribution in [0.25, 0.3) is 0 Å². The van der Waals surface area contributed by atoms with Crippen molar-refractivity contribution in [3.8, 4) is 0 Å². The summed E-state index contributed by atoms with van der Waals surface area (Å²) in [7, 11) is -3.37. The predicted octanol–water partition coefficient (Wildman–Crippen LogP) is 1.79. The van der Waals surface area contributed by atoms with Gasteiger partial charge in [-0.2, -0.15) is 0 Å². The first-order valence-corrected chi connectivity index (χ1v) is 8.27. The fourth-order valence-corrected chi connectivity index (χ4v) is 3.54. The van der Waals surface area contributed by atoms with Gasteiger partial charge in [0.1, 0.15) is 0 Å². The summed E-state index contributed by atoms with van der Waals surface area (Å²) in [5.74, 6) is 0.417. The van der Waals surface area contributed by atoms with Crippen molar-refractivity contribution in [3.63, 3.8) is 0 Å². The molecule has 1 saturated carbocycles. The normalized spacial score (nSPS) is 24.3. The summed E-state index contributed by atoms with van der Waals surface area (Å²) in [5, 5.41) is 0. The molecule has 0 amide bonds. The van der Waals surface area contributed by atoms with Gasteiger partial charge in [-0.05, 0) is 50.7 Å². The van der Waals surface area contributed by atoms with E-state index in [-0.39, 0.29) is 0 Å². The van der Waals surface area contributed by atoms with Gasteiger partial charge in [-0.3, -0.25) is 0 Å². The lowest BCUT2D eigenvalue weighted by atomic mass is 9.87. The van der Waals surface area contributed by atoms with Crippen LogP contribution < -0.4 is 10.5 Å². The Morgan fingerprint density at radius 2 is 1.74 bits per heavy atom. The van der Waals surface area contributed by atoms with E-state index in [9.17, 15) is 8.42 Å². The molecule has 4 nitrogen and oxygen atoms in total. The van der Waals surface area contributed by atoms with Gasteiger partial charge in [0.15, 0.2) is 0 Å². The molecule has 0 atom stereocenters. The van der Waals surface area contributed by atoms with Gasteiger partial charge >= 0.3 is 0 Å². The molecule has 1 aromatic rings. The molecule has 1 aliphatic carbocycles. The Hall–Kier alpha value is -0.910. The molecule has 2 rings (SSSR count). The minimum Gasteiger partial charge on any atom is -0.328 e. The van der Waals surface area contributed by atoms with Gasteiger partial charge in [-0.15, -0.1) is 0 Å². The minimum absolute atomic E-state index is 0.296. The van der Waals surface area contributed by atoms with Crippen molar-refractivity contribution in [1.82, 2.24) is 4.72 Å². The van der Waals surface area contributed by atoms with Gasteiger partial charge in [0.05, 0.1) is 4.90 Å². The Balaban J connectivity index is 1.92. The fourth-order valence-electron chi connectivity index (χ4n) is 2.42. The highest BCUT2D eigenvalue weighted by atomic mass is 32.2. The number of nitrogens with one attached hydrogen (secondary N) is 1.